The molecule has 1 aromatic carbocycles. The summed E-state index contributed by atoms with van der Waals surface area (Å²) in [4.78, 5) is 12.6. The van der Waals surface area contributed by atoms with Gasteiger partial charge in [0.1, 0.15) is 5.03 Å². The first-order chi connectivity index (χ1) is 13.6. The van der Waals surface area contributed by atoms with Crippen molar-refractivity contribution < 1.29 is 4.79 Å². The fourth-order valence-electron chi connectivity index (χ4n) is 4.42. The third kappa shape index (κ3) is 3.78. The molecule has 28 heavy (non-hydrogen) atoms. The molecule has 0 radical (unpaired) electrons. The Morgan fingerprint density at radius 3 is 2.43 bits per heavy atom. The summed E-state index contributed by atoms with van der Waals surface area (Å²) >= 11 is 1.27. The molecule has 2 amide bonds. The summed E-state index contributed by atoms with van der Waals surface area (Å²) in [5.41, 5.74) is 7.74. The molecule has 7 heteroatoms. The van der Waals surface area contributed by atoms with Crippen LogP contribution in [0.5, 0.6) is 0 Å². The van der Waals surface area contributed by atoms with Crippen LogP contribution in [0.15, 0.2) is 17.2 Å². The number of nitrogens with one attached hydrogen (secondary N) is 3. The van der Waals surface area contributed by atoms with Gasteiger partial charge in [-0.2, -0.15) is 5.10 Å². The summed E-state index contributed by atoms with van der Waals surface area (Å²) in [5.74, 6) is 0. The van der Waals surface area contributed by atoms with Gasteiger partial charge in [0.25, 0.3) is 0 Å². The summed E-state index contributed by atoms with van der Waals surface area (Å²) in [6, 6.07) is 4.51. The van der Waals surface area contributed by atoms with E-state index in [0.29, 0.717) is 0 Å². The first-order valence-corrected chi connectivity index (χ1v) is 11.0. The standard InChI is InChI=1S/C21H29N5OS/c1-13(2)26-16(12-22-3)11-19(24-26)28-25-21(27)23-20-17-8-4-6-14(17)10-15-7-5-9-18(15)20/h10-11,13,22H,4-9,12H2,1-3H3,(H2,23,25,27). The van der Waals surface area contributed by atoms with Crippen molar-refractivity contribution >= 4 is 23.7 Å². The second kappa shape index (κ2) is 8.17. The van der Waals surface area contributed by atoms with Crippen LogP contribution < -0.4 is 15.4 Å². The summed E-state index contributed by atoms with van der Waals surface area (Å²) in [6.07, 6.45) is 6.77. The lowest BCUT2D eigenvalue weighted by molar-refractivity contribution is 0.257. The molecular weight excluding hydrogens is 370 g/mol. The number of benzene rings is 1. The number of hydrogen-bond acceptors (Lipinski definition) is 4. The van der Waals surface area contributed by atoms with E-state index in [9.17, 15) is 4.79 Å². The maximum absolute atomic E-state index is 12.6. The highest BCUT2D eigenvalue weighted by molar-refractivity contribution is 7.97. The van der Waals surface area contributed by atoms with E-state index in [1.165, 1.54) is 47.0 Å². The van der Waals surface area contributed by atoms with Gasteiger partial charge in [-0.15, -0.1) is 0 Å². The van der Waals surface area contributed by atoms with Gasteiger partial charge < -0.3 is 10.6 Å². The summed E-state index contributed by atoms with van der Waals surface area (Å²) in [6.45, 7) is 4.97. The first-order valence-electron chi connectivity index (χ1n) is 10.2. The SMILES string of the molecule is CNCc1cc(SNC(=O)Nc2c3c(cc4c2CCC4)CCC3)nn1C(C)C. The molecule has 0 fully saturated rings. The smallest absolute Gasteiger partial charge is 0.314 e. The highest BCUT2D eigenvalue weighted by Gasteiger charge is 2.25. The largest absolute Gasteiger partial charge is 0.329 e. The predicted molar refractivity (Wildman–Crippen MR) is 114 cm³/mol. The third-order valence-corrected chi connectivity index (χ3v) is 6.29. The maximum Gasteiger partial charge on any atom is 0.329 e. The van der Waals surface area contributed by atoms with Crippen LogP contribution in [0, 0.1) is 0 Å². The molecule has 0 saturated heterocycles. The molecule has 3 N–H and O–H groups in total. The summed E-state index contributed by atoms with van der Waals surface area (Å²) in [7, 11) is 1.92. The van der Waals surface area contributed by atoms with E-state index in [4.69, 9.17) is 0 Å². The topological polar surface area (TPSA) is 71.0 Å². The number of urea groups is 1. The Hall–Kier alpha value is -1.99. The minimum Gasteiger partial charge on any atom is -0.314 e. The van der Waals surface area contributed by atoms with E-state index in [1.807, 2.05) is 17.8 Å². The van der Waals surface area contributed by atoms with Crippen LogP contribution in [-0.4, -0.2) is 22.9 Å². The molecule has 1 heterocycles. The fourth-order valence-corrected chi connectivity index (χ4v) is 4.99. The average molecular weight is 400 g/mol. The zero-order chi connectivity index (χ0) is 19.7. The number of hydrogen-bond donors (Lipinski definition) is 3. The van der Waals surface area contributed by atoms with Gasteiger partial charge in [-0.25, -0.2) is 4.79 Å². The van der Waals surface area contributed by atoms with Crippen molar-refractivity contribution in [1.82, 2.24) is 19.8 Å². The van der Waals surface area contributed by atoms with E-state index in [1.54, 1.807) is 0 Å². The van der Waals surface area contributed by atoms with Crippen LogP contribution in [0.25, 0.3) is 0 Å². The first kappa shape index (κ1) is 19.3. The van der Waals surface area contributed by atoms with E-state index in [-0.39, 0.29) is 12.1 Å². The molecule has 0 saturated carbocycles. The number of anilines is 1. The minimum atomic E-state index is -0.173. The number of nitrogens with zero attached hydrogens (tertiary/aromatic N) is 2. The Bertz CT molecular complexity index is 857. The monoisotopic (exact) mass is 399 g/mol. The molecule has 2 aliphatic carbocycles. The molecule has 4 rings (SSSR count). The number of rotatable bonds is 6. The maximum atomic E-state index is 12.6. The average Bonchev–Trinajstić information content (AvgIpc) is 3.39. The zero-order valence-electron chi connectivity index (χ0n) is 16.9. The van der Waals surface area contributed by atoms with Crippen LogP contribution in [0.2, 0.25) is 0 Å². The van der Waals surface area contributed by atoms with Gasteiger partial charge in [-0.1, -0.05) is 6.07 Å². The van der Waals surface area contributed by atoms with E-state index >= 15 is 0 Å². The highest BCUT2D eigenvalue weighted by Crippen LogP contribution is 2.38. The number of carbonyl (C=O) groups excluding carboxylic acids is 1. The number of carbonyl (C=O) groups is 1. The molecule has 2 aliphatic rings. The van der Waals surface area contributed by atoms with Gasteiger partial charge in [0.05, 0.1) is 5.69 Å². The highest BCUT2D eigenvalue weighted by atomic mass is 32.2. The number of amides is 2. The molecule has 0 bridgehead atoms. The van der Waals surface area contributed by atoms with Crippen molar-refractivity contribution in [2.24, 2.45) is 0 Å². The van der Waals surface area contributed by atoms with E-state index in [0.717, 1.165) is 48.6 Å². The van der Waals surface area contributed by atoms with Crippen LogP contribution in [0.4, 0.5) is 10.5 Å². The van der Waals surface area contributed by atoms with Crippen molar-refractivity contribution in [3.8, 4) is 0 Å². The Labute approximate surface area is 171 Å². The molecule has 0 atom stereocenters. The Morgan fingerprint density at radius 1 is 1.14 bits per heavy atom. The van der Waals surface area contributed by atoms with Crippen LogP contribution >= 0.6 is 11.9 Å². The zero-order valence-corrected chi connectivity index (χ0v) is 17.7. The van der Waals surface area contributed by atoms with Crippen molar-refractivity contribution in [2.45, 2.75) is 70.0 Å². The molecule has 0 aliphatic heterocycles. The third-order valence-electron chi connectivity index (χ3n) is 5.60. The molecule has 0 unspecified atom stereocenters. The van der Waals surface area contributed by atoms with Crippen LogP contribution in [-0.2, 0) is 32.2 Å². The lowest BCUT2D eigenvalue weighted by Gasteiger charge is -2.16. The lowest BCUT2D eigenvalue weighted by Crippen LogP contribution is -2.24. The molecule has 0 spiro atoms. The second-order valence-electron chi connectivity index (χ2n) is 7.93. The van der Waals surface area contributed by atoms with Gasteiger partial charge in [0.2, 0.25) is 0 Å². The second-order valence-corrected chi connectivity index (χ2v) is 8.76. The number of aryl methyl sites for hydroxylation is 2. The van der Waals surface area contributed by atoms with Crippen molar-refractivity contribution in [3.05, 3.63) is 40.1 Å². The molecule has 150 valence electrons. The van der Waals surface area contributed by atoms with Crippen molar-refractivity contribution in [2.75, 3.05) is 12.4 Å². The van der Waals surface area contributed by atoms with Gasteiger partial charge in [-0.05, 0) is 87.7 Å². The van der Waals surface area contributed by atoms with Crippen LogP contribution in [0.1, 0.15) is 60.7 Å². The van der Waals surface area contributed by atoms with Crippen molar-refractivity contribution in [3.63, 3.8) is 0 Å². The Morgan fingerprint density at radius 2 is 1.82 bits per heavy atom. The fraction of sp³-hybridized carbons (Fsp3) is 0.524. The molecule has 1 aromatic heterocycles. The Kier molecular flexibility index (Phi) is 5.64. The molecular formula is C21H29N5OS. The van der Waals surface area contributed by atoms with E-state index < -0.39 is 0 Å². The van der Waals surface area contributed by atoms with Crippen LogP contribution in [0.3, 0.4) is 0 Å². The molecule has 2 aromatic rings. The quantitative estimate of drug-likeness (QED) is 0.643. The molecule has 6 nitrogen and oxygen atoms in total. The van der Waals surface area contributed by atoms with Gasteiger partial charge in [0, 0.05) is 30.2 Å². The van der Waals surface area contributed by atoms with Gasteiger partial charge >= 0.3 is 6.03 Å². The van der Waals surface area contributed by atoms with Gasteiger partial charge in [0.15, 0.2) is 0 Å². The predicted octanol–water partition coefficient (Wildman–Crippen LogP) is 3.99. The summed E-state index contributed by atoms with van der Waals surface area (Å²) < 4.78 is 4.92. The summed E-state index contributed by atoms with van der Waals surface area (Å²) in [5, 5.41) is 11.8. The Balaban J connectivity index is 1.46. The normalized spacial score (nSPS) is 15.0. The van der Waals surface area contributed by atoms with Crippen molar-refractivity contribution in [1.29, 1.82) is 0 Å². The van der Waals surface area contributed by atoms with E-state index in [2.05, 4.69) is 40.4 Å². The van der Waals surface area contributed by atoms with Gasteiger partial charge in [-0.3, -0.25) is 9.40 Å². The lowest BCUT2D eigenvalue weighted by atomic mass is 9.99. The number of fused-ring (bicyclic) bond motifs is 2. The number of aromatic nitrogens is 2. The minimum absolute atomic E-state index is 0.173.